The fourth-order valence-corrected chi connectivity index (χ4v) is 4.95. The standard InChI is InChI=1S/C22H27N5O2S2/c1-15(27-20(24-25-22(27)30)19-7-4-12-31-19)21(28)23-17-8-10-26(11-9-17)14-16-5-3-6-18(13-16)29-2/h3-7,12-13,15,17H,8-11,14H2,1-2H3,(H,23,28)(H,25,30). The summed E-state index contributed by atoms with van der Waals surface area (Å²) in [5.74, 6) is 1.56. The first-order chi connectivity index (χ1) is 15.0. The van der Waals surface area contributed by atoms with Crippen molar-refractivity contribution in [3.05, 3.63) is 52.1 Å². The lowest BCUT2D eigenvalue weighted by atomic mass is 10.0. The van der Waals surface area contributed by atoms with E-state index in [-0.39, 0.29) is 11.9 Å². The first-order valence-electron chi connectivity index (χ1n) is 10.4. The maximum absolute atomic E-state index is 13.0. The van der Waals surface area contributed by atoms with Gasteiger partial charge in [0, 0.05) is 25.7 Å². The van der Waals surface area contributed by atoms with Crippen molar-refractivity contribution in [1.82, 2.24) is 25.0 Å². The number of carbonyl (C=O) groups excluding carboxylic acids is 1. The predicted octanol–water partition coefficient (Wildman–Crippen LogP) is 4.02. The summed E-state index contributed by atoms with van der Waals surface area (Å²) >= 11 is 6.97. The molecular weight excluding hydrogens is 430 g/mol. The molecule has 4 rings (SSSR count). The zero-order chi connectivity index (χ0) is 21.8. The molecule has 0 spiro atoms. The van der Waals surface area contributed by atoms with Gasteiger partial charge in [0.15, 0.2) is 10.6 Å². The van der Waals surface area contributed by atoms with E-state index in [1.54, 1.807) is 23.0 Å². The second-order valence-electron chi connectivity index (χ2n) is 7.79. The minimum Gasteiger partial charge on any atom is -0.497 e. The van der Waals surface area contributed by atoms with Gasteiger partial charge in [0.1, 0.15) is 11.8 Å². The maximum Gasteiger partial charge on any atom is 0.243 e. The summed E-state index contributed by atoms with van der Waals surface area (Å²) in [6.07, 6.45) is 1.86. The molecule has 0 saturated carbocycles. The Bertz CT molecular complexity index is 1070. The Kier molecular flexibility index (Phi) is 6.84. The summed E-state index contributed by atoms with van der Waals surface area (Å²) in [6, 6.07) is 11.9. The van der Waals surface area contributed by atoms with Crippen LogP contribution in [0.3, 0.4) is 0 Å². The van der Waals surface area contributed by atoms with Gasteiger partial charge in [0.2, 0.25) is 5.91 Å². The third kappa shape index (κ3) is 5.06. The molecule has 3 aromatic rings. The Morgan fingerprint density at radius 3 is 2.87 bits per heavy atom. The van der Waals surface area contributed by atoms with Gasteiger partial charge in [-0.3, -0.25) is 19.4 Å². The van der Waals surface area contributed by atoms with Crippen LogP contribution in [0.5, 0.6) is 5.75 Å². The number of rotatable bonds is 7. The predicted molar refractivity (Wildman–Crippen MR) is 125 cm³/mol. The van der Waals surface area contributed by atoms with Crippen LogP contribution < -0.4 is 10.1 Å². The van der Waals surface area contributed by atoms with E-state index >= 15 is 0 Å². The van der Waals surface area contributed by atoms with Crippen LogP contribution >= 0.6 is 23.6 Å². The van der Waals surface area contributed by atoms with Crippen LogP contribution in [0.4, 0.5) is 0 Å². The van der Waals surface area contributed by atoms with Crippen molar-refractivity contribution in [2.45, 2.75) is 38.4 Å². The highest BCUT2D eigenvalue weighted by atomic mass is 32.1. The van der Waals surface area contributed by atoms with Crippen molar-refractivity contribution >= 4 is 29.5 Å². The number of benzene rings is 1. The fraction of sp³-hybridized carbons (Fsp3) is 0.409. The van der Waals surface area contributed by atoms with Crippen LogP contribution in [-0.4, -0.2) is 51.8 Å². The van der Waals surface area contributed by atoms with Gasteiger partial charge in [-0.05, 0) is 61.1 Å². The molecule has 31 heavy (non-hydrogen) atoms. The van der Waals surface area contributed by atoms with Crippen molar-refractivity contribution in [1.29, 1.82) is 0 Å². The molecule has 0 aliphatic carbocycles. The van der Waals surface area contributed by atoms with Crippen molar-refractivity contribution in [3.8, 4) is 16.5 Å². The topological polar surface area (TPSA) is 75.2 Å². The summed E-state index contributed by atoms with van der Waals surface area (Å²) in [5, 5.41) is 12.4. The number of carbonyl (C=O) groups is 1. The summed E-state index contributed by atoms with van der Waals surface area (Å²) in [7, 11) is 1.69. The molecular formula is C22H27N5O2S2. The quantitative estimate of drug-likeness (QED) is 0.524. The van der Waals surface area contributed by atoms with Gasteiger partial charge in [-0.1, -0.05) is 18.2 Å². The monoisotopic (exact) mass is 457 g/mol. The first-order valence-corrected chi connectivity index (χ1v) is 11.7. The summed E-state index contributed by atoms with van der Waals surface area (Å²) < 4.78 is 7.57. The smallest absolute Gasteiger partial charge is 0.243 e. The molecule has 1 saturated heterocycles. The summed E-state index contributed by atoms with van der Waals surface area (Å²) in [4.78, 5) is 16.4. The molecule has 1 aromatic carbocycles. The molecule has 1 amide bonds. The number of aromatic amines is 1. The maximum atomic E-state index is 13.0. The van der Waals surface area contributed by atoms with Crippen LogP contribution in [-0.2, 0) is 11.3 Å². The molecule has 9 heteroatoms. The van der Waals surface area contributed by atoms with Crippen LogP contribution in [0.1, 0.15) is 31.4 Å². The average Bonchev–Trinajstić information content (AvgIpc) is 3.44. The summed E-state index contributed by atoms with van der Waals surface area (Å²) in [5.41, 5.74) is 1.24. The van der Waals surface area contributed by atoms with Gasteiger partial charge in [-0.25, -0.2) is 0 Å². The van der Waals surface area contributed by atoms with Gasteiger partial charge in [-0.15, -0.1) is 11.3 Å². The van der Waals surface area contributed by atoms with E-state index in [1.165, 1.54) is 5.56 Å². The van der Waals surface area contributed by atoms with E-state index < -0.39 is 6.04 Å². The number of nitrogens with one attached hydrogen (secondary N) is 2. The average molecular weight is 458 g/mol. The Morgan fingerprint density at radius 1 is 1.35 bits per heavy atom. The molecule has 0 bridgehead atoms. The minimum atomic E-state index is -0.432. The van der Waals surface area contributed by atoms with Gasteiger partial charge >= 0.3 is 0 Å². The number of H-pyrrole nitrogens is 1. The van der Waals surface area contributed by atoms with Crippen molar-refractivity contribution < 1.29 is 9.53 Å². The van der Waals surface area contributed by atoms with Gasteiger partial charge < -0.3 is 10.1 Å². The fourth-order valence-electron chi connectivity index (χ4n) is 3.95. The van der Waals surface area contributed by atoms with E-state index in [2.05, 4.69) is 32.5 Å². The number of piperidine rings is 1. The third-order valence-corrected chi connectivity index (χ3v) is 6.84. The molecule has 2 N–H and O–H groups in total. The highest BCUT2D eigenvalue weighted by molar-refractivity contribution is 7.71. The molecule has 2 aromatic heterocycles. The van der Waals surface area contributed by atoms with Crippen molar-refractivity contribution in [3.63, 3.8) is 0 Å². The number of likely N-dealkylation sites (tertiary alicyclic amines) is 1. The van der Waals surface area contributed by atoms with Gasteiger partial charge in [0.05, 0.1) is 12.0 Å². The number of methoxy groups -OCH3 is 1. The molecule has 1 unspecified atom stereocenters. The van der Waals surface area contributed by atoms with Crippen LogP contribution in [0, 0.1) is 4.77 Å². The number of amides is 1. The number of nitrogens with zero attached hydrogens (tertiary/aromatic N) is 3. The number of aromatic nitrogens is 3. The van der Waals surface area contributed by atoms with Crippen LogP contribution in [0.15, 0.2) is 41.8 Å². The minimum absolute atomic E-state index is 0.0263. The van der Waals surface area contributed by atoms with Crippen molar-refractivity contribution in [2.24, 2.45) is 0 Å². The second-order valence-corrected chi connectivity index (χ2v) is 9.12. The molecule has 0 radical (unpaired) electrons. The highest BCUT2D eigenvalue weighted by Crippen LogP contribution is 2.26. The third-order valence-electron chi connectivity index (χ3n) is 5.69. The van der Waals surface area contributed by atoms with E-state index in [4.69, 9.17) is 17.0 Å². The number of thiophene rings is 1. The van der Waals surface area contributed by atoms with Gasteiger partial charge in [-0.2, -0.15) is 5.10 Å². The van der Waals surface area contributed by atoms with Crippen molar-refractivity contribution in [2.75, 3.05) is 20.2 Å². The molecule has 1 atom stereocenters. The second kappa shape index (κ2) is 9.76. The van der Waals surface area contributed by atoms with E-state index in [0.717, 1.165) is 43.1 Å². The zero-order valence-corrected chi connectivity index (χ0v) is 19.3. The number of hydrogen-bond donors (Lipinski definition) is 2. The molecule has 7 nitrogen and oxygen atoms in total. The molecule has 3 heterocycles. The lowest BCUT2D eigenvalue weighted by Gasteiger charge is -2.33. The highest BCUT2D eigenvalue weighted by Gasteiger charge is 2.26. The Labute approximate surface area is 191 Å². The van der Waals surface area contributed by atoms with Crippen LogP contribution in [0.2, 0.25) is 0 Å². The first kappa shape index (κ1) is 21.7. The van der Waals surface area contributed by atoms with Gasteiger partial charge in [0.25, 0.3) is 0 Å². The Hall–Kier alpha value is -2.49. The normalized spacial score (nSPS) is 16.2. The SMILES string of the molecule is COc1cccc(CN2CCC(NC(=O)C(C)n3c(-c4cccs4)n[nH]c3=S)CC2)c1. The largest absolute Gasteiger partial charge is 0.497 e. The zero-order valence-electron chi connectivity index (χ0n) is 17.7. The summed E-state index contributed by atoms with van der Waals surface area (Å²) in [6.45, 7) is 4.66. The van der Waals surface area contributed by atoms with E-state index in [0.29, 0.717) is 10.6 Å². The van der Waals surface area contributed by atoms with E-state index in [1.807, 2.05) is 36.6 Å². The molecule has 1 aliphatic rings. The van der Waals surface area contributed by atoms with Crippen LogP contribution in [0.25, 0.3) is 10.7 Å². The van der Waals surface area contributed by atoms with E-state index in [9.17, 15) is 4.79 Å². The lowest BCUT2D eigenvalue weighted by Crippen LogP contribution is -2.46. The lowest BCUT2D eigenvalue weighted by molar-refractivity contribution is -0.124. The number of hydrogen-bond acceptors (Lipinski definition) is 6. The molecule has 1 fully saturated rings. The Morgan fingerprint density at radius 2 is 2.16 bits per heavy atom. The Balaban J connectivity index is 1.33. The number of ether oxygens (including phenoxy) is 1. The molecule has 164 valence electrons. The molecule has 1 aliphatic heterocycles.